The van der Waals surface area contributed by atoms with Gasteiger partial charge < -0.3 is 9.94 Å². The molecule has 0 amide bonds. The maximum absolute atomic E-state index is 8.51. The average molecular weight is 232 g/mol. The molecule has 0 bridgehead atoms. The van der Waals surface area contributed by atoms with Gasteiger partial charge in [0, 0.05) is 12.0 Å². The van der Waals surface area contributed by atoms with E-state index in [1.165, 1.54) is 0 Å². The zero-order chi connectivity index (χ0) is 10.1. The number of rotatable bonds is 1. The van der Waals surface area contributed by atoms with Crippen molar-refractivity contribution < 1.29 is 9.94 Å². The fourth-order valence-corrected chi connectivity index (χ4v) is 1.84. The zero-order valence-corrected chi connectivity index (χ0v) is 8.64. The van der Waals surface area contributed by atoms with Crippen molar-refractivity contribution in [2.24, 2.45) is 5.16 Å². The summed E-state index contributed by atoms with van der Waals surface area (Å²) in [4.78, 5) is 0. The van der Waals surface area contributed by atoms with Gasteiger partial charge in [0.15, 0.2) is 5.17 Å². The molecule has 5 heteroatoms. The van der Waals surface area contributed by atoms with Crippen molar-refractivity contribution >= 4 is 28.4 Å². The van der Waals surface area contributed by atoms with E-state index in [0.29, 0.717) is 22.9 Å². The van der Waals surface area contributed by atoms with E-state index in [-0.39, 0.29) is 5.17 Å². The molecule has 0 saturated carbocycles. The van der Waals surface area contributed by atoms with Crippen molar-refractivity contribution in [2.75, 3.05) is 6.61 Å². The molecule has 0 saturated heterocycles. The Labute approximate surface area is 90.9 Å². The molecule has 0 fully saturated rings. The number of fused-ring (bicyclic) bond motifs is 1. The SMILES string of the molecule is O/N=C(/Cl)c1cc(Cl)c2c(c1)CCO2. The maximum atomic E-state index is 8.51. The van der Waals surface area contributed by atoms with Crippen molar-refractivity contribution in [3.63, 3.8) is 0 Å². The van der Waals surface area contributed by atoms with E-state index in [9.17, 15) is 0 Å². The lowest BCUT2D eigenvalue weighted by atomic mass is 10.1. The van der Waals surface area contributed by atoms with Crippen LogP contribution in [0, 0.1) is 0 Å². The predicted octanol–water partition coefficient (Wildman–Crippen LogP) is 2.65. The minimum Gasteiger partial charge on any atom is -0.491 e. The molecule has 1 aromatic carbocycles. The van der Waals surface area contributed by atoms with E-state index < -0.39 is 0 Å². The van der Waals surface area contributed by atoms with E-state index in [1.54, 1.807) is 6.07 Å². The Bertz CT molecular complexity index is 404. The van der Waals surface area contributed by atoms with E-state index in [2.05, 4.69) is 5.16 Å². The number of benzene rings is 1. The van der Waals surface area contributed by atoms with Gasteiger partial charge in [-0.15, -0.1) is 0 Å². The van der Waals surface area contributed by atoms with Gasteiger partial charge in [-0.25, -0.2) is 0 Å². The molecule has 0 radical (unpaired) electrons. The summed E-state index contributed by atoms with van der Waals surface area (Å²) < 4.78 is 5.32. The van der Waals surface area contributed by atoms with Crippen molar-refractivity contribution in [3.8, 4) is 5.75 Å². The Morgan fingerprint density at radius 3 is 3.00 bits per heavy atom. The van der Waals surface area contributed by atoms with E-state index >= 15 is 0 Å². The largest absolute Gasteiger partial charge is 0.491 e. The predicted molar refractivity (Wildman–Crippen MR) is 54.8 cm³/mol. The van der Waals surface area contributed by atoms with Crippen LogP contribution < -0.4 is 4.74 Å². The monoisotopic (exact) mass is 231 g/mol. The topological polar surface area (TPSA) is 41.8 Å². The minimum atomic E-state index is 0.0293. The zero-order valence-electron chi connectivity index (χ0n) is 7.13. The van der Waals surface area contributed by atoms with Crippen LogP contribution in [0.3, 0.4) is 0 Å². The van der Waals surface area contributed by atoms with Gasteiger partial charge in [-0.05, 0) is 17.7 Å². The minimum absolute atomic E-state index is 0.0293. The molecule has 74 valence electrons. The number of nitrogens with zero attached hydrogens (tertiary/aromatic N) is 1. The number of oxime groups is 1. The third-order valence-corrected chi connectivity index (χ3v) is 2.64. The Kier molecular flexibility index (Phi) is 2.52. The molecular formula is C9H7Cl2NO2. The van der Waals surface area contributed by atoms with Gasteiger partial charge in [0.2, 0.25) is 0 Å². The van der Waals surface area contributed by atoms with E-state index in [0.717, 1.165) is 12.0 Å². The van der Waals surface area contributed by atoms with Crippen LogP contribution in [-0.4, -0.2) is 17.0 Å². The average Bonchev–Trinajstić information content (AvgIpc) is 2.64. The van der Waals surface area contributed by atoms with Crippen molar-refractivity contribution in [2.45, 2.75) is 6.42 Å². The second-order valence-corrected chi connectivity index (χ2v) is 3.70. The summed E-state index contributed by atoms with van der Waals surface area (Å²) in [5, 5.41) is 11.9. The highest BCUT2D eigenvalue weighted by Gasteiger charge is 2.17. The second kappa shape index (κ2) is 3.67. The lowest BCUT2D eigenvalue weighted by Gasteiger charge is -2.04. The summed E-state index contributed by atoms with van der Waals surface area (Å²) in [6.07, 6.45) is 0.804. The van der Waals surface area contributed by atoms with Crippen molar-refractivity contribution in [3.05, 3.63) is 28.3 Å². The molecule has 1 heterocycles. The molecule has 0 aliphatic carbocycles. The summed E-state index contributed by atoms with van der Waals surface area (Å²) in [7, 11) is 0. The van der Waals surface area contributed by atoms with E-state index in [1.807, 2.05) is 6.07 Å². The molecule has 2 rings (SSSR count). The van der Waals surface area contributed by atoms with Crippen LogP contribution in [0.4, 0.5) is 0 Å². The first-order valence-electron chi connectivity index (χ1n) is 4.05. The van der Waals surface area contributed by atoms with Crippen LogP contribution in [0.1, 0.15) is 11.1 Å². The Morgan fingerprint density at radius 2 is 2.29 bits per heavy atom. The third kappa shape index (κ3) is 1.53. The molecule has 0 unspecified atom stereocenters. The first-order valence-corrected chi connectivity index (χ1v) is 4.81. The summed E-state index contributed by atoms with van der Waals surface area (Å²) in [6, 6.07) is 3.43. The smallest absolute Gasteiger partial charge is 0.175 e. The molecule has 0 spiro atoms. The highest BCUT2D eigenvalue weighted by molar-refractivity contribution is 6.69. The van der Waals surface area contributed by atoms with Crippen LogP contribution >= 0.6 is 23.2 Å². The first-order chi connectivity index (χ1) is 6.72. The van der Waals surface area contributed by atoms with Crippen LogP contribution in [-0.2, 0) is 6.42 Å². The van der Waals surface area contributed by atoms with Crippen molar-refractivity contribution in [1.29, 1.82) is 0 Å². The lowest BCUT2D eigenvalue weighted by Crippen LogP contribution is -1.92. The first kappa shape index (κ1) is 9.62. The fourth-order valence-electron chi connectivity index (χ4n) is 1.44. The maximum Gasteiger partial charge on any atom is 0.175 e. The van der Waals surface area contributed by atoms with Crippen molar-refractivity contribution in [1.82, 2.24) is 0 Å². The van der Waals surface area contributed by atoms with Crippen LogP contribution in [0.15, 0.2) is 17.3 Å². The summed E-state index contributed by atoms with van der Waals surface area (Å²) in [6.45, 7) is 0.631. The van der Waals surface area contributed by atoms with Gasteiger partial charge in [-0.1, -0.05) is 28.4 Å². The molecule has 0 atom stereocenters. The summed E-state index contributed by atoms with van der Waals surface area (Å²) in [5.41, 5.74) is 1.60. The molecule has 14 heavy (non-hydrogen) atoms. The quantitative estimate of drug-likeness (QED) is 0.459. The molecule has 1 aromatic rings. The highest BCUT2D eigenvalue weighted by atomic mass is 35.5. The number of halogens is 2. The number of ether oxygens (including phenoxy) is 1. The molecule has 1 aliphatic heterocycles. The molecular weight excluding hydrogens is 225 g/mol. The normalized spacial score (nSPS) is 15.1. The lowest BCUT2D eigenvalue weighted by molar-refractivity contribution is 0.321. The van der Waals surface area contributed by atoms with Gasteiger partial charge >= 0.3 is 0 Å². The fraction of sp³-hybridized carbons (Fsp3) is 0.222. The van der Waals surface area contributed by atoms with Gasteiger partial charge in [0.05, 0.1) is 11.6 Å². The molecule has 1 aliphatic rings. The van der Waals surface area contributed by atoms with Gasteiger partial charge in [-0.2, -0.15) is 0 Å². The Balaban J connectivity index is 2.52. The molecule has 3 nitrogen and oxygen atoms in total. The van der Waals surface area contributed by atoms with Crippen LogP contribution in [0.2, 0.25) is 5.02 Å². The van der Waals surface area contributed by atoms with Gasteiger partial charge in [0.25, 0.3) is 0 Å². The van der Waals surface area contributed by atoms with E-state index in [4.69, 9.17) is 33.1 Å². The van der Waals surface area contributed by atoms with Gasteiger partial charge in [-0.3, -0.25) is 0 Å². The highest BCUT2D eigenvalue weighted by Crippen LogP contribution is 2.34. The summed E-state index contributed by atoms with van der Waals surface area (Å²) >= 11 is 11.6. The molecule has 0 aromatic heterocycles. The standard InChI is InChI=1S/C9H7Cl2NO2/c10-7-4-6(9(11)12-13)3-5-1-2-14-8(5)7/h3-4,13H,1-2H2/b12-9+. The van der Waals surface area contributed by atoms with Gasteiger partial charge in [0.1, 0.15) is 5.75 Å². The Hall–Kier alpha value is -0.930. The van der Waals surface area contributed by atoms with Crippen LogP contribution in [0.25, 0.3) is 0 Å². The summed E-state index contributed by atoms with van der Waals surface area (Å²) in [5.74, 6) is 0.706. The number of hydrogen-bond donors (Lipinski definition) is 1. The third-order valence-electron chi connectivity index (χ3n) is 2.06. The van der Waals surface area contributed by atoms with Crippen LogP contribution in [0.5, 0.6) is 5.75 Å². The molecule has 1 N–H and O–H groups in total. The Morgan fingerprint density at radius 1 is 1.50 bits per heavy atom. The second-order valence-electron chi connectivity index (χ2n) is 2.94. The number of hydrogen-bond acceptors (Lipinski definition) is 3.